The van der Waals surface area contributed by atoms with Gasteiger partial charge < -0.3 is 14.7 Å². The van der Waals surface area contributed by atoms with Crippen LogP contribution in [0.1, 0.15) is 36.5 Å². The summed E-state index contributed by atoms with van der Waals surface area (Å²) in [5.41, 5.74) is -0.671. The van der Waals surface area contributed by atoms with Gasteiger partial charge in [0.05, 0.1) is 12.7 Å². The molecule has 5 nitrogen and oxygen atoms in total. The van der Waals surface area contributed by atoms with Crippen LogP contribution in [0, 0.1) is 0 Å². The lowest BCUT2D eigenvalue weighted by molar-refractivity contribution is -0.148. The Morgan fingerprint density at radius 3 is 2.76 bits per heavy atom. The highest BCUT2D eigenvalue weighted by molar-refractivity contribution is 9.10. The molecule has 1 saturated heterocycles. The lowest BCUT2D eigenvalue weighted by Crippen LogP contribution is -2.52. The molecule has 1 amide bonds. The summed E-state index contributed by atoms with van der Waals surface area (Å²) in [6.45, 7) is 2.27. The van der Waals surface area contributed by atoms with Crippen LogP contribution in [-0.2, 0) is 4.79 Å². The summed E-state index contributed by atoms with van der Waals surface area (Å²) in [5, 5.41) is 9.57. The number of rotatable bonds is 4. The molecule has 0 saturated carbocycles. The zero-order chi connectivity index (χ0) is 15.6. The molecule has 0 aliphatic carbocycles. The Morgan fingerprint density at radius 2 is 2.19 bits per heavy atom. The molecule has 0 bridgehead atoms. The fourth-order valence-electron chi connectivity index (χ4n) is 2.86. The fourth-order valence-corrected chi connectivity index (χ4v) is 3.27. The molecule has 1 N–H and O–H groups in total. The third-order valence-electron chi connectivity index (χ3n) is 4.12. The summed E-state index contributed by atoms with van der Waals surface area (Å²) < 4.78 is 5.78. The average molecular weight is 356 g/mol. The summed E-state index contributed by atoms with van der Waals surface area (Å²) in [5.74, 6) is -0.643. The molecular formula is C15H18BrNO4. The van der Waals surface area contributed by atoms with Crippen molar-refractivity contribution in [1.82, 2.24) is 4.90 Å². The van der Waals surface area contributed by atoms with Crippen LogP contribution in [0.2, 0.25) is 0 Å². The first-order valence-electron chi connectivity index (χ1n) is 6.85. The fraction of sp³-hybridized carbons (Fsp3) is 0.467. The molecule has 1 aromatic rings. The molecule has 0 radical (unpaired) electrons. The third kappa shape index (κ3) is 2.64. The molecule has 21 heavy (non-hydrogen) atoms. The van der Waals surface area contributed by atoms with Crippen LogP contribution in [0.4, 0.5) is 0 Å². The highest BCUT2D eigenvalue weighted by Crippen LogP contribution is 2.35. The number of carbonyl (C=O) groups is 2. The summed E-state index contributed by atoms with van der Waals surface area (Å²) in [6.07, 6.45) is 1.59. The van der Waals surface area contributed by atoms with Gasteiger partial charge in [0.1, 0.15) is 11.3 Å². The van der Waals surface area contributed by atoms with Gasteiger partial charge in [0.2, 0.25) is 0 Å². The van der Waals surface area contributed by atoms with Crippen LogP contribution in [0.5, 0.6) is 5.75 Å². The maximum absolute atomic E-state index is 12.8. The maximum atomic E-state index is 12.8. The lowest BCUT2D eigenvalue weighted by Gasteiger charge is -2.34. The molecule has 1 aromatic carbocycles. The lowest BCUT2D eigenvalue weighted by atomic mass is 9.92. The second kappa shape index (κ2) is 6.05. The average Bonchev–Trinajstić information content (AvgIpc) is 2.92. The monoisotopic (exact) mass is 355 g/mol. The molecule has 2 rings (SSSR count). The molecule has 1 heterocycles. The van der Waals surface area contributed by atoms with E-state index in [1.807, 2.05) is 0 Å². The van der Waals surface area contributed by atoms with Crippen molar-refractivity contribution < 1.29 is 19.4 Å². The largest absolute Gasteiger partial charge is 0.497 e. The zero-order valence-electron chi connectivity index (χ0n) is 12.1. The number of aliphatic carboxylic acids is 1. The summed E-state index contributed by atoms with van der Waals surface area (Å²) in [7, 11) is 1.53. The summed E-state index contributed by atoms with van der Waals surface area (Å²) in [4.78, 5) is 26.0. The minimum absolute atomic E-state index is 0.275. The van der Waals surface area contributed by atoms with Gasteiger partial charge in [-0.1, -0.05) is 6.92 Å². The van der Waals surface area contributed by atoms with Crippen LogP contribution in [-0.4, -0.2) is 41.1 Å². The number of hydrogen-bond acceptors (Lipinski definition) is 3. The number of carboxylic acid groups (broad SMARTS) is 1. The van der Waals surface area contributed by atoms with Crippen LogP contribution in [0.25, 0.3) is 0 Å². The number of nitrogens with zero attached hydrogens (tertiary/aromatic N) is 1. The molecule has 1 aliphatic rings. The van der Waals surface area contributed by atoms with Gasteiger partial charge in [-0.3, -0.25) is 4.79 Å². The predicted molar refractivity (Wildman–Crippen MR) is 81.6 cm³/mol. The number of methoxy groups -OCH3 is 1. The van der Waals surface area contributed by atoms with Gasteiger partial charge >= 0.3 is 5.97 Å². The van der Waals surface area contributed by atoms with Gasteiger partial charge in [-0.05, 0) is 53.4 Å². The Morgan fingerprint density at radius 1 is 1.48 bits per heavy atom. The van der Waals surface area contributed by atoms with Crippen molar-refractivity contribution in [3.05, 3.63) is 28.2 Å². The Bertz CT molecular complexity index is 575. The number of hydrogen-bond donors (Lipinski definition) is 1. The molecule has 1 atom stereocenters. The number of benzene rings is 1. The van der Waals surface area contributed by atoms with E-state index in [2.05, 4.69) is 15.9 Å². The molecule has 0 aromatic heterocycles. The highest BCUT2D eigenvalue weighted by Gasteiger charge is 2.48. The molecule has 1 aliphatic heterocycles. The minimum atomic E-state index is -1.10. The maximum Gasteiger partial charge on any atom is 0.329 e. The van der Waals surface area contributed by atoms with Gasteiger partial charge in [0.25, 0.3) is 5.91 Å². The van der Waals surface area contributed by atoms with Crippen molar-refractivity contribution in [1.29, 1.82) is 0 Å². The van der Waals surface area contributed by atoms with E-state index in [1.165, 1.54) is 12.0 Å². The first kappa shape index (κ1) is 15.8. The van der Waals surface area contributed by atoms with E-state index >= 15 is 0 Å². The van der Waals surface area contributed by atoms with Gasteiger partial charge in [-0.25, -0.2) is 4.79 Å². The van der Waals surface area contributed by atoms with E-state index < -0.39 is 11.5 Å². The summed E-state index contributed by atoms with van der Waals surface area (Å²) >= 11 is 3.35. The van der Waals surface area contributed by atoms with E-state index in [0.717, 1.165) is 0 Å². The molecule has 0 spiro atoms. The third-order valence-corrected chi connectivity index (χ3v) is 4.81. The zero-order valence-corrected chi connectivity index (χ0v) is 13.6. The van der Waals surface area contributed by atoms with E-state index in [4.69, 9.17) is 4.74 Å². The van der Waals surface area contributed by atoms with Crippen LogP contribution in [0.3, 0.4) is 0 Å². The van der Waals surface area contributed by atoms with Crippen LogP contribution in [0.15, 0.2) is 22.7 Å². The van der Waals surface area contributed by atoms with E-state index in [1.54, 1.807) is 25.1 Å². The SMILES string of the molecule is CCC1(C(=O)O)CCCN1C(=O)c1cc(OC)ccc1Br. The number of likely N-dealkylation sites (tertiary alicyclic amines) is 1. The Kier molecular flexibility index (Phi) is 4.56. The number of ether oxygens (including phenoxy) is 1. The number of halogens is 1. The van der Waals surface area contributed by atoms with Gasteiger partial charge in [-0.15, -0.1) is 0 Å². The standard InChI is InChI=1S/C15H18BrNO4/c1-3-15(14(19)20)7-4-8-17(15)13(18)11-9-10(21-2)5-6-12(11)16/h5-6,9H,3-4,7-8H2,1-2H3,(H,19,20). The number of carbonyl (C=O) groups excluding carboxylic acids is 1. The van der Waals surface area contributed by atoms with Crippen molar-refractivity contribution in [2.45, 2.75) is 31.7 Å². The van der Waals surface area contributed by atoms with Crippen LogP contribution < -0.4 is 4.74 Å². The molecular weight excluding hydrogens is 338 g/mol. The first-order chi connectivity index (χ1) is 9.96. The van der Waals surface area contributed by atoms with Gasteiger partial charge in [0, 0.05) is 11.0 Å². The Labute approximate surface area is 132 Å². The second-order valence-electron chi connectivity index (χ2n) is 5.10. The van der Waals surface area contributed by atoms with E-state index in [-0.39, 0.29) is 5.91 Å². The molecule has 1 unspecified atom stereocenters. The number of amides is 1. The van der Waals surface area contributed by atoms with Crippen molar-refractivity contribution in [3.8, 4) is 5.75 Å². The first-order valence-corrected chi connectivity index (χ1v) is 7.64. The predicted octanol–water partition coefficient (Wildman–Crippen LogP) is 2.93. The number of carboxylic acids is 1. The quantitative estimate of drug-likeness (QED) is 0.901. The Hall–Kier alpha value is -1.56. The molecule has 1 fully saturated rings. The minimum Gasteiger partial charge on any atom is -0.497 e. The van der Waals surface area contributed by atoms with Gasteiger partial charge in [-0.2, -0.15) is 0 Å². The van der Waals surface area contributed by atoms with E-state index in [0.29, 0.717) is 41.6 Å². The smallest absolute Gasteiger partial charge is 0.329 e. The van der Waals surface area contributed by atoms with Gasteiger partial charge in [0.15, 0.2) is 0 Å². The van der Waals surface area contributed by atoms with Crippen molar-refractivity contribution in [2.24, 2.45) is 0 Å². The topological polar surface area (TPSA) is 66.8 Å². The Balaban J connectivity index is 2.41. The summed E-state index contributed by atoms with van der Waals surface area (Å²) in [6, 6.07) is 5.11. The molecule has 114 valence electrons. The van der Waals surface area contributed by atoms with Crippen molar-refractivity contribution >= 4 is 27.8 Å². The van der Waals surface area contributed by atoms with Crippen molar-refractivity contribution in [2.75, 3.05) is 13.7 Å². The normalized spacial score (nSPS) is 21.4. The molecule has 6 heteroatoms. The van der Waals surface area contributed by atoms with Crippen LogP contribution >= 0.6 is 15.9 Å². The highest BCUT2D eigenvalue weighted by atomic mass is 79.9. The van der Waals surface area contributed by atoms with E-state index in [9.17, 15) is 14.7 Å². The van der Waals surface area contributed by atoms with Crippen molar-refractivity contribution in [3.63, 3.8) is 0 Å². The second-order valence-corrected chi connectivity index (χ2v) is 5.95.